The summed E-state index contributed by atoms with van der Waals surface area (Å²) < 4.78 is 0. The summed E-state index contributed by atoms with van der Waals surface area (Å²) in [6.07, 6.45) is 14.3. The van der Waals surface area contributed by atoms with Crippen LogP contribution in [0.25, 0.3) is 0 Å². The minimum absolute atomic E-state index is 0.133. The molecule has 1 rings (SSSR count). The summed E-state index contributed by atoms with van der Waals surface area (Å²) in [5, 5.41) is 19.3. The Labute approximate surface area is 174 Å². The van der Waals surface area contributed by atoms with Gasteiger partial charge in [-0.1, -0.05) is 98.5 Å². The molecule has 0 aliphatic rings. The molecule has 2 nitrogen and oxygen atoms in total. The third kappa shape index (κ3) is 11.6. The van der Waals surface area contributed by atoms with Crippen molar-refractivity contribution in [3.8, 4) is 11.5 Å². The van der Waals surface area contributed by atoms with Gasteiger partial charge in [-0.25, -0.2) is 0 Å². The van der Waals surface area contributed by atoms with E-state index in [0.29, 0.717) is 5.92 Å². The second-order valence-corrected chi connectivity index (χ2v) is 9.85. The van der Waals surface area contributed by atoms with E-state index >= 15 is 0 Å². The highest BCUT2D eigenvalue weighted by Gasteiger charge is 2.09. The number of rotatable bonds is 15. The second kappa shape index (κ2) is 13.9. The first-order chi connectivity index (χ1) is 13.3. The van der Waals surface area contributed by atoms with E-state index in [2.05, 4.69) is 34.6 Å². The Morgan fingerprint density at radius 2 is 1.11 bits per heavy atom. The number of phenolic OH excluding ortho intramolecular Hbond substituents is 2. The summed E-state index contributed by atoms with van der Waals surface area (Å²) in [6.45, 7) is 11.8. The highest BCUT2D eigenvalue weighted by Crippen LogP contribution is 2.26. The monoisotopic (exact) mass is 390 g/mol. The van der Waals surface area contributed by atoms with Crippen molar-refractivity contribution in [1.29, 1.82) is 0 Å². The van der Waals surface area contributed by atoms with Crippen LogP contribution < -0.4 is 0 Å². The molecule has 28 heavy (non-hydrogen) atoms. The Morgan fingerprint density at radius 3 is 1.57 bits per heavy atom. The normalized spacial score (nSPS) is 14.9. The van der Waals surface area contributed by atoms with Crippen molar-refractivity contribution in [3.63, 3.8) is 0 Å². The summed E-state index contributed by atoms with van der Waals surface area (Å²) in [4.78, 5) is 0. The Bertz CT molecular complexity index is 523. The van der Waals surface area contributed by atoms with E-state index in [0.717, 1.165) is 36.2 Å². The van der Waals surface area contributed by atoms with E-state index in [1.54, 1.807) is 6.07 Å². The highest BCUT2D eigenvalue weighted by atomic mass is 16.3. The SMILES string of the molecule is CC(C)CCCC(C)CCCC(C)CCCC(C)CCc1ccc(O)cc1O. The van der Waals surface area contributed by atoms with Gasteiger partial charge in [0.05, 0.1) is 0 Å². The lowest BCUT2D eigenvalue weighted by Gasteiger charge is -2.16. The van der Waals surface area contributed by atoms with Crippen molar-refractivity contribution in [1.82, 2.24) is 0 Å². The molecule has 1 aromatic carbocycles. The van der Waals surface area contributed by atoms with Gasteiger partial charge in [-0.05, 0) is 48.1 Å². The lowest BCUT2D eigenvalue weighted by molar-refractivity contribution is 0.374. The number of aryl methyl sites for hydroxylation is 1. The first-order valence-electron chi connectivity index (χ1n) is 11.8. The molecule has 0 aliphatic heterocycles. The van der Waals surface area contributed by atoms with Gasteiger partial charge in [0, 0.05) is 6.07 Å². The topological polar surface area (TPSA) is 40.5 Å². The van der Waals surface area contributed by atoms with Gasteiger partial charge in [-0.2, -0.15) is 0 Å². The molecule has 0 aromatic heterocycles. The van der Waals surface area contributed by atoms with E-state index in [-0.39, 0.29) is 11.5 Å². The van der Waals surface area contributed by atoms with Crippen molar-refractivity contribution in [2.75, 3.05) is 0 Å². The smallest absolute Gasteiger partial charge is 0.122 e. The summed E-state index contributed by atoms with van der Waals surface area (Å²) >= 11 is 0. The summed E-state index contributed by atoms with van der Waals surface area (Å²) in [7, 11) is 0. The number of hydrogen-bond acceptors (Lipinski definition) is 2. The van der Waals surface area contributed by atoms with Gasteiger partial charge in [0.1, 0.15) is 11.5 Å². The Morgan fingerprint density at radius 1 is 0.643 bits per heavy atom. The fraction of sp³-hybridized carbons (Fsp3) is 0.769. The number of phenols is 2. The quantitative estimate of drug-likeness (QED) is 0.317. The van der Waals surface area contributed by atoms with Crippen molar-refractivity contribution in [2.24, 2.45) is 23.7 Å². The zero-order valence-electron chi connectivity index (χ0n) is 19.2. The number of aromatic hydroxyl groups is 2. The van der Waals surface area contributed by atoms with Crippen LogP contribution in [0.2, 0.25) is 0 Å². The van der Waals surface area contributed by atoms with Gasteiger partial charge in [0.25, 0.3) is 0 Å². The van der Waals surface area contributed by atoms with Crippen LogP contribution in [-0.2, 0) is 6.42 Å². The fourth-order valence-electron chi connectivity index (χ4n) is 4.10. The molecular weight excluding hydrogens is 344 g/mol. The van der Waals surface area contributed by atoms with E-state index in [1.165, 1.54) is 63.9 Å². The molecule has 0 saturated carbocycles. The second-order valence-electron chi connectivity index (χ2n) is 9.85. The van der Waals surface area contributed by atoms with E-state index in [9.17, 15) is 10.2 Å². The molecule has 0 heterocycles. The minimum atomic E-state index is 0.133. The maximum atomic E-state index is 9.89. The molecule has 0 bridgehead atoms. The first-order valence-corrected chi connectivity index (χ1v) is 11.8. The van der Waals surface area contributed by atoms with Crippen LogP contribution in [0.4, 0.5) is 0 Å². The maximum Gasteiger partial charge on any atom is 0.122 e. The van der Waals surface area contributed by atoms with Gasteiger partial charge in [-0.15, -0.1) is 0 Å². The molecule has 3 atom stereocenters. The third-order valence-electron chi connectivity index (χ3n) is 6.24. The molecule has 0 radical (unpaired) electrons. The van der Waals surface area contributed by atoms with Crippen LogP contribution in [0.5, 0.6) is 11.5 Å². The van der Waals surface area contributed by atoms with E-state index in [1.807, 2.05) is 6.07 Å². The standard InChI is InChI=1S/C26H46O2/c1-20(2)9-6-10-21(3)11-7-12-22(4)13-8-14-23(5)15-16-24-17-18-25(27)19-26(24)28/h17-23,27-28H,6-16H2,1-5H3. The lowest BCUT2D eigenvalue weighted by atomic mass is 9.90. The van der Waals surface area contributed by atoms with Gasteiger partial charge in [0.2, 0.25) is 0 Å². The molecule has 0 saturated heterocycles. The van der Waals surface area contributed by atoms with Crippen molar-refractivity contribution in [3.05, 3.63) is 23.8 Å². The molecular formula is C26H46O2. The molecule has 0 fully saturated rings. The van der Waals surface area contributed by atoms with Crippen molar-refractivity contribution < 1.29 is 10.2 Å². The molecule has 1 aromatic rings. The fourth-order valence-corrected chi connectivity index (χ4v) is 4.10. The average Bonchev–Trinajstić information content (AvgIpc) is 2.60. The molecule has 2 N–H and O–H groups in total. The zero-order chi connectivity index (χ0) is 20.9. The zero-order valence-corrected chi connectivity index (χ0v) is 19.2. The van der Waals surface area contributed by atoms with Crippen LogP contribution in [0.3, 0.4) is 0 Å². The van der Waals surface area contributed by atoms with Gasteiger partial charge >= 0.3 is 0 Å². The van der Waals surface area contributed by atoms with Gasteiger partial charge in [0.15, 0.2) is 0 Å². The molecule has 0 amide bonds. The largest absolute Gasteiger partial charge is 0.508 e. The average molecular weight is 391 g/mol. The third-order valence-corrected chi connectivity index (χ3v) is 6.24. The van der Waals surface area contributed by atoms with Crippen LogP contribution in [0.1, 0.15) is 104 Å². The van der Waals surface area contributed by atoms with Crippen LogP contribution in [0.15, 0.2) is 18.2 Å². The molecule has 0 aliphatic carbocycles. The lowest BCUT2D eigenvalue weighted by Crippen LogP contribution is -2.02. The van der Waals surface area contributed by atoms with Crippen LogP contribution >= 0.6 is 0 Å². The van der Waals surface area contributed by atoms with E-state index in [4.69, 9.17) is 0 Å². The molecule has 3 unspecified atom stereocenters. The molecule has 2 heteroatoms. The highest BCUT2D eigenvalue weighted by molar-refractivity contribution is 5.38. The summed E-state index contributed by atoms with van der Waals surface area (Å²) in [5.74, 6) is 3.62. The number of hydrogen-bond donors (Lipinski definition) is 2. The summed E-state index contributed by atoms with van der Waals surface area (Å²) in [5.41, 5.74) is 0.945. The Kier molecular flexibility index (Phi) is 12.3. The van der Waals surface area contributed by atoms with E-state index < -0.39 is 0 Å². The molecule has 162 valence electrons. The maximum absolute atomic E-state index is 9.89. The van der Waals surface area contributed by atoms with Crippen LogP contribution in [0, 0.1) is 23.7 Å². The molecule has 0 spiro atoms. The van der Waals surface area contributed by atoms with Gasteiger partial charge < -0.3 is 10.2 Å². The Hall–Kier alpha value is -1.18. The van der Waals surface area contributed by atoms with Crippen molar-refractivity contribution in [2.45, 2.75) is 105 Å². The minimum Gasteiger partial charge on any atom is -0.508 e. The number of benzene rings is 1. The first kappa shape index (κ1) is 24.9. The predicted octanol–water partition coefficient (Wildman–Crippen LogP) is 8.11. The predicted molar refractivity (Wildman–Crippen MR) is 122 cm³/mol. The van der Waals surface area contributed by atoms with Crippen LogP contribution in [-0.4, -0.2) is 10.2 Å². The van der Waals surface area contributed by atoms with Crippen molar-refractivity contribution >= 4 is 0 Å². The van der Waals surface area contributed by atoms with Gasteiger partial charge in [-0.3, -0.25) is 0 Å². The summed E-state index contributed by atoms with van der Waals surface area (Å²) in [6, 6.07) is 4.93. The Balaban J connectivity index is 2.07.